The topological polar surface area (TPSA) is 90.4 Å². The van der Waals surface area contributed by atoms with Gasteiger partial charge in [-0.15, -0.1) is 11.3 Å². The highest BCUT2D eigenvalue weighted by Crippen LogP contribution is 2.40. The van der Waals surface area contributed by atoms with Crippen molar-refractivity contribution in [3.63, 3.8) is 0 Å². The smallest absolute Gasteiger partial charge is 0.341 e. The van der Waals surface area contributed by atoms with Gasteiger partial charge in [0.15, 0.2) is 6.61 Å². The lowest BCUT2D eigenvalue weighted by Gasteiger charge is -2.18. The summed E-state index contributed by atoms with van der Waals surface area (Å²) in [5.74, 6) is -0.101. The Morgan fingerprint density at radius 2 is 2.09 bits per heavy atom. The Morgan fingerprint density at radius 1 is 1.28 bits per heavy atom. The third-order valence-corrected chi connectivity index (χ3v) is 6.88. The summed E-state index contributed by atoms with van der Waals surface area (Å²) in [7, 11) is 0. The number of carbonyl (C=O) groups is 2. The number of ether oxygens (including phenoxy) is 2. The molecule has 4 rings (SSSR count). The predicted octanol–water partition coefficient (Wildman–Crippen LogP) is 5.32. The molecule has 168 valence electrons. The summed E-state index contributed by atoms with van der Waals surface area (Å²) in [5.41, 5.74) is 1.91. The SMILES string of the molecule is CCOC(=O)c1c(NC(=O)COc2ncnc3c(Cl)cc(Cl)cc23)sc2c1CCC(C)C2. The number of carbonyl (C=O) groups excluding carboxylic acids is 2. The van der Waals surface area contributed by atoms with Crippen LogP contribution in [0.1, 0.15) is 41.1 Å². The minimum Gasteiger partial charge on any atom is -0.467 e. The molecule has 3 aromatic rings. The van der Waals surface area contributed by atoms with Crippen LogP contribution in [0.4, 0.5) is 5.00 Å². The number of rotatable bonds is 6. The predicted molar refractivity (Wildman–Crippen MR) is 125 cm³/mol. The van der Waals surface area contributed by atoms with Gasteiger partial charge < -0.3 is 14.8 Å². The van der Waals surface area contributed by atoms with Crippen molar-refractivity contribution >= 4 is 62.3 Å². The van der Waals surface area contributed by atoms with Gasteiger partial charge in [0, 0.05) is 9.90 Å². The van der Waals surface area contributed by atoms with Gasteiger partial charge in [0.25, 0.3) is 5.91 Å². The lowest BCUT2D eigenvalue weighted by atomic mass is 9.88. The van der Waals surface area contributed by atoms with Crippen molar-refractivity contribution in [3.8, 4) is 5.88 Å². The third kappa shape index (κ3) is 4.67. The Hall–Kier alpha value is -2.42. The van der Waals surface area contributed by atoms with E-state index in [-0.39, 0.29) is 19.1 Å². The van der Waals surface area contributed by atoms with E-state index in [2.05, 4.69) is 22.2 Å². The summed E-state index contributed by atoms with van der Waals surface area (Å²) in [5, 5.41) is 4.59. The number of aromatic nitrogens is 2. The van der Waals surface area contributed by atoms with Crippen LogP contribution in [-0.4, -0.2) is 35.1 Å². The van der Waals surface area contributed by atoms with Gasteiger partial charge in [0.1, 0.15) is 11.3 Å². The van der Waals surface area contributed by atoms with Crippen LogP contribution in [-0.2, 0) is 22.4 Å². The van der Waals surface area contributed by atoms with Gasteiger partial charge in [-0.3, -0.25) is 4.79 Å². The first-order chi connectivity index (χ1) is 15.4. The molecule has 0 saturated heterocycles. The van der Waals surface area contributed by atoms with E-state index in [0.717, 1.165) is 29.7 Å². The lowest BCUT2D eigenvalue weighted by molar-refractivity contribution is -0.118. The monoisotopic (exact) mass is 493 g/mol. The van der Waals surface area contributed by atoms with Crippen molar-refractivity contribution in [1.29, 1.82) is 0 Å². The highest BCUT2D eigenvalue weighted by Gasteiger charge is 2.29. The molecule has 0 aliphatic heterocycles. The standard InChI is InChI=1S/C22H21Cl2N3O4S/c1-3-30-22(29)18-13-5-4-11(2)6-16(13)32-21(18)27-17(28)9-31-20-14-7-12(23)8-15(24)19(14)25-10-26-20/h7-8,10-11H,3-6,9H2,1-2H3,(H,27,28). The van der Waals surface area contributed by atoms with Crippen LogP contribution >= 0.6 is 34.5 Å². The van der Waals surface area contributed by atoms with Gasteiger partial charge in [0.05, 0.1) is 28.1 Å². The van der Waals surface area contributed by atoms with Crippen LogP contribution in [0.5, 0.6) is 5.88 Å². The highest BCUT2D eigenvalue weighted by atomic mass is 35.5. The Kier molecular flexibility index (Phi) is 6.83. The minimum atomic E-state index is -0.415. The fourth-order valence-corrected chi connectivity index (χ4v) is 5.70. The van der Waals surface area contributed by atoms with E-state index in [1.54, 1.807) is 19.1 Å². The van der Waals surface area contributed by atoms with E-state index in [0.29, 0.717) is 37.4 Å². The van der Waals surface area contributed by atoms with Gasteiger partial charge >= 0.3 is 5.97 Å². The zero-order valence-corrected chi connectivity index (χ0v) is 19.9. The summed E-state index contributed by atoms with van der Waals surface area (Å²) in [6.07, 6.45) is 3.98. The molecule has 0 bridgehead atoms. The number of benzene rings is 1. The first kappa shape index (κ1) is 22.8. The second-order valence-corrected chi connectivity index (χ2v) is 9.52. The lowest BCUT2D eigenvalue weighted by Crippen LogP contribution is -2.22. The number of nitrogens with one attached hydrogen (secondary N) is 1. The number of hydrogen-bond acceptors (Lipinski definition) is 7. The Morgan fingerprint density at radius 3 is 2.88 bits per heavy atom. The van der Waals surface area contributed by atoms with Crippen molar-refractivity contribution in [1.82, 2.24) is 9.97 Å². The molecule has 2 heterocycles. The molecule has 1 N–H and O–H groups in total. The van der Waals surface area contributed by atoms with Gasteiger partial charge in [-0.2, -0.15) is 0 Å². The highest BCUT2D eigenvalue weighted by molar-refractivity contribution is 7.17. The van der Waals surface area contributed by atoms with Crippen molar-refractivity contribution in [3.05, 3.63) is 44.5 Å². The zero-order chi connectivity index (χ0) is 22.8. The normalized spacial score (nSPS) is 15.3. The van der Waals surface area contributed by atoms with Crippen molar-refractivity contribution in [2.45, 2.75) is 33.1 Å². The summed E-state index contributed by atoms with van der Waals surface area (Å²) in [6.45, 7) is 3.90. The molecule has 1 atom stereocenters. The molecule has 7 nitrogen and oxygen atoms in total. The first-order valence-corrected chi connectivity index (χ1v) is 11.8. The Labute approximate surface area is 199 Å². The third-order valence-electron chi connectivity index (χ3n) is 5.20. The van der Waals surface area contributed by atoms with E-state index < -0.39 is 11.9 Å². The summed E-state index contributed by atoms with van der Waals surface area (Å²) < 4.78 is 10.9. The van der Waals surface area contributed by atoms with Crippen LogP contribution < -0.4 is 10.1 Å². The van der Waals surface area contributed by atoms with E-state index in [9.17, 15) is 9.59 Å². The fourth-order valence-electron chi connectivity index (χ4n) is 3.74. The number of anilines is 1. The van der Waals surface area contributed by atoms with Crippen LogP contribution in [0, 0.1) is 5.92 Å². The van der Waals surface area contributed by atoms with Crippen LogP contribution in [0.25, 0.3) is 10.9 Å². The average molecular weight is 494 g/mol. The van der Waals surface area contributed by atoms with E-state index in [1.807, 2.05) is 0 Å². The summed E-state index contributed by atoms with van der Waals surface area (Å²) in [4.78, 5) is 34.7. The maximum atomic E-state index is 12.7. The molecule has 1 aliphatic rings. The van der Waals surface area contributed by atoms with E-state index in [1.165, 1.54) is 17.7 Å². The molecule has 1 aliphatic carbocycles. The molecule has 2 aromatic heterocycles. The fraction of sp³-hybridized carbons (Fsp3) is 0.364. The summed E-state index contributed by atoms with van der Waals surface area (Å²) >= 11 is 13.7. The average Bonchev–Trinajstić information content (AvgIpc) is 3.09. The molecular formula is C22H21Cl2N3O4S. The molecule has 1 unspecified atom stereocenters. The number of esters is 1. The number of thiophene rings is 1. The maximum Gasteiger partial charge on any atom is 0.341 e. The zero-order valence-electron chi connectivity index (χ0n) is 17.5. The van der Waals surface area contributed by atoms with Gasteiger partial charge in [0.2, 0.25) is 5.88 Å². The molecule has 0 spiro atoms. The van der Waals surface area contributed by atoms with Gasteiger partial charge in [-0.1, -0.05) is 30.1 Å². The quantitative estimate of drug-likeness (QED) is 0.467. The van der Waals surface area contributed by atoms with Gasteiger partial charge in [-0.25, -0.2) is 14.8 Å². The molecule has 10 heteroatoms. The largest absolute Gasteiger partial charge is 0.467 e. The molecule has 0 radical (unpaired) electrons. The minimum absolute atomic E-state index is 0.194. The number of amides is 1. The van der Waals surface area contributed by atoms with Crippen molar-refractivity contribution in [2.24, 2.45) is 5.92 Å². The maximum absolute atomic E-state index is 12.7. The molecular weight excluding hydrogens is 473 g/mol. The van der Waals surface area contributed by atoms with Crippen LogP contribution in [0.2, 0.25) is 10.0 Å². The molecule has 32 heavy (non-hydrogen) atoms. The number of nitrogens with zero attached hydrogens (tertiary/aromatic N) is 2. The van der Waals surface area contributed by atoms with Crippen LogP contribution in [0.15, 0.2) is 18.5 Å². The number of halogens is 2. The summed E-state index contributed by atoms with van der Waals surface area (Å²) in [6, 6.07) is 3.20. The molecule has 1 amide bonds. The number of hydrogen-bond donors (Lipinski definition) is 1. The first-order valence-electron chi connectivity index (χ1n) is 10.2. The van der Waals surface area contributed by atoms with E-state index in [4.69, 9.17) is 32.7 Å². The number of fused-ring (bicyclic) bond motifs is 2. The van der Waals surface area contributed by atoms with E-state index >= 15 is 0 Å². The van der Waals surface area contributed by atoms with Gasteiger partial charge in [-0.05, 0) is 49.8 Å². The molecule has 0 fully saturated rings. The second kappa shape index (κ2) is 9.60. The van der Waals surface area contributed by atoms with Crippen molar-refractivity contribution in [2.75, 3.05) is 18.5 Å². The Bertz CT molecular complexity index is 1200. The second-order valence-electron chi connectivity index (χ2n) is 7.58. The Balaban J connectivity index is 1.54. The van der Waals surface area contributed by atoms with Crippen molar-refractivity contribution < 1.29 is 19.1 Å². The van der Waals surface area contributed by atoms with Crippen LogP contribution in [0.3, 0.4) is 0 Å². The molecule has 0 saturated carbocycles. The molecule has 1 aromatic carbocycles.